The summed E-state index contributed by atoms with van der Waals surface area (Å²) in [6.45, 7) is 6.93. The van der Waals surface area contributed by atoms with Crippen LogP contribution < -0.4 is 6.15 Å². The van der Waals surface area contributed by atoms with Crippen LogP contribution >= 0.6 is 17.0 Å². The molecule has 0 aliphatic rings. The fourth-order valence-corrected chi connectivity index (χ4v) is 1.86. The van der Waals surface area contributed by atoms with Gasteiger partial charge in [-0.25, -0.2) is 0 Å². The molecule has 0 rings (SSSR count). The minimum absolute atomic E-state index is 0. The zero-order valence-electron chi connectivity index (χ0n) is 11.8. The SMILES string of the molecule is Br.CCCCCCCCCCCC(C)C.N. The van der Waals surface area contributed by atoms with Crippen LogP contribution in [0.1, 0.15) is 85.0 Å². The Morgan fingerprint density at radius 3 is 1.44 bits per heavy atom. The van der Waals surface area contributed by atoms with Gasteiger partial charge in [0.1, 0.15) is 0 Å². The van der Waals surface area contributed by atoms with Crippen molar-refractivity contribution in [1.29, 1.82) is 0 Å². The van der Waals surface area contributed by atoms with Gasteiger partial charge in [0.15, 0.2) is 0 Å². The standard InChI is InChI=1S/C14H30.BrH.H3N/c1-4-5-6-7-8-9-10-11-12-13-14(2)3;;/h14H,4-13H2,1-3H3;1H;1H3. The Hall–Kier alpha value is 0.440. The van der Waals surface area contributed by atoms with E-state index in [-0.39, 0.29) is 23.1 Å². The summed E-state index contributed by atoms with van der Waals surface area (Å²) in [5, 5.41) is 0. The molecule has 0 spiro atoms. The molecule has 0 heterocycles. The largest absolute Gasteiger partial charge is 0.344 e. The normalized spacial score (nSPS) is 9.75. The van der Waals surface area contributed by atoms with Crippen molar-refractivity contribution in [2.24, 2.45) is 5.92 Å². The van der Waals surface area contributed by atoms with E-state index in [1.807, 2.05) is 0 Å². The van der Waals surface area contributed by atoms with Gasteiger partial charge in [0, 0.05) is 0 Å². The summed E-state index contributed by atoms with van der Waals surface area (Å²) < 4.78 is 0. The topological polar surface area (TPSA) is 35.0 Å². The Kier molecular flexibility index (Phi) is 24.2. The van der Waals surface area contributed by atoms with E-state index in [0.717, 1.165) is 5.92 Å². The molecule has 1 nitrogen and oxygen atoms in total. The van der Waals surface area contributed by atoms with Gasteiger partial charge in [-0.1, -0.05) is 85.0 Å². The predicted octanol–water partition coefficient (Wildman–Crippen LogP) is 6.30. The summed E-state index contributed by atoms with van der Waals surface area (Å²) in [5.41, 5.74) is 0. The highest BCUT2D eigenvalue weighted by atomic mass is 79.9. The molecular weight excluding hydrogens is 262 g/mol. The molecule has 0 fully saturated rings. The Labute approximate surface area is 114 Å². The summed E-state index contributed by atoms with van der Waals surface area (Å²) in [7, 11) is 0. The van der Waals surface area contributed by atoms with Gasteiger partial charge in [0.2, 0.25) is 0 Å². The van der Waals surface area contributed by atoms with Crippen molar-refractivity contribution in [3.05, 3.63) is 0 Å². The van der Waals surface area contributed by atoms with Crippen LogP contribution in [-0.4, -0.2) is 0 Å². The van der Waals surface area contributed by atoms with Crippen LogP contribution in [0.25, 0.3) is 0 Å². The van der Waals surface area contributed by atoms with E-state index >= 15 is 0 Å². The van der Waals surface area contributed by atoms with E-state index in [2.05, 4.69) is 20.8 Å². The van der Waals surface area contributed by atoms with Gasteiger partial charge in [-0.2, -0.15) is 0 Å². The van der Waals surface area contributed by atoms with Crippen LogP contribution in [-0.2, 0) is 0 Å². The van der Waals surface area contributed by atoms with Crippen LogP contribution in [0.5, 0.6) is 0 Å². The first-order valence-corrected chi connectivity index (χ1v) is 6.77. The number of unbranched alkanes of at least 4 members (excludes halogenated alkanes) is 8. The fourth-order valence-electron chi connectivity index (χ4n) is 1.86. The first kappa shape index (κ1) is 21.7. The lowest BCUT2D eigenvalue weighted by Gasteiger charge is -2.04. The molecule has 0 aliphatic carbocycles. The van der Waals surface area contributed by atoms with Crippen LogP contribution in [0.3, 0.4) is 0 Å². The second-order valence-corrected chi connectivity index (χ2v) is 5.01. The number of hydrogen-bond donors (Lipinski definition) is 1. The van der Waals surface area contributed by atoms with Crippen molar-refractivity contribution in [2.75, 3.05) is 0 Å². The molecule has 0 amide bonds. The molecule has 0 aromatic carbocycles. The molecular formula is C14H34BrN. The fraction of sp³-hybridized carbons (Fsp3) is 1.00. The maximum absolute atomic E-state index is 2.32. The third-order valence-corrected chi connectivity index (χ3v) is 2.89. The molecule has 102 valence electrons. The maximum atomic E-state index is 2.32. The minimum atomic E-state index is 0. The summed E-state index contributed by atoms with van der Waals surface area (Å²) in [5.74, 6) is 0.902. The van der Waals surface area contributed by atoms with Crippen molar-refractivity contribution in [2.45, 2.75) is 85.0 Å². The molecule has 0 saturated heterocycles. The second-order valence-electron chi connectivity index (χ2n) is 5.01. The Morgan fingerprint density at radius 1 is 0.688 bits per heavy atom. The summed E-state index contributed by atoms with van der Waals surface area (Å²) in [6, 6.07) is 0. The second kappa shape index (κ2) is 17.8. The molecule has 0 aromatic rings. The smallest absolute Gasteiger partial charge is 0.0471 e. The van der Waals surface area contributed by atoms with Gasteiger partial charge in [-0.15, -0.1) is 17.0 Å². The van der Waals surface area contributed by atoms with E-state index in [1.165, 1.54) is 64.2 Å². The van der Waals surface area contributed by atoms with Crippen molar-refractivity contribution < 1.29 is 0 Å². The van der Waals surface area contributed by atoms with Gasteiger partial charge in [-0.05, 0) is 5.92 Å². The zero-order valence-corrected chi connectivity index (χ0v) is 13.5. The number of halogens is 1. The minimum Gasteiger partial charge on any atom is -0.344 e. The van der Waals surface area contributed by atoms with Crippen LogP contribution in [0, 0.1) is 5.92 Å². The lowest BCUT2D eigenvalue weighted by atomic mass is 10.0. The Bertz CT molecular complexity index is 105. The van der Waals surface area contributed by atoms with Gasteiger partial charge < -0.3 is 6.15 Å². The molecule has 0 atom stereocenters. The van der Waals surface area contributed by atoms with Crippen LogP contribution in [0.2, 0.25) is 0 Å². The summed E-state index contributed by atoms with van der Waals surface area (Å²) in [6.07, 6.45) is 14.5. The lowest BCUT2D eigenvalue weighted by molar-refractivity contribution is 0.507. The first-order chi connectivity index (χ1) is 6.77. The van der Waals surface area contributed by atoms with Gasteiger partial charge in [-0.3, -0.25) is 0 Å². The molecule has 0 bridgehead atoms. The van der Waals surface area contributed by atoms with E-state index < -0.39 is 0 Å². The van der Waals surface area contributed by atoms with Gasteiger partial charge in [0.05, 0.1) is 0 Å². The molecule has 0 saturated carbocycles. The molecule has 2 heteroatoms. The van der Waals surface area contributed by atoms with Gasteiger partial charge >= 0.3 is 0 Å². The summed E-state index contributed by atoms with van der Waals surface area (Å²) >= 11 is 0. The Morgan fingerprint density at radius 2 is 1.06 bits per heavy atom. The van der Waals surface area contributed by atoms with Crippen molar-refractivity contribution >= 4 is 17.0 Å². The van der Waals surface area contributed by atoms with Crippen molar-refractivity contribution in [1.82, 2.24) is 6.15 Å². The third kappa shape index (κ3) is 19.9. The predicted molar refractivity (Wildman–Crippen MR) is 82.0 cm³/mol. The first-order valence-electron chi connectivity index (χ1n) is 6.77. The van der Waals surface area contributed by atoms with Gasteiger partial charge in [0.25, 0.3) is 0 Å². The summed E-state index contributed by atoms with van der Waals surface area (Å²) in [4.78, 5) is 0. The molecule has 0 aliphatic heterocycles. The van der Waals surface area contributed by atoms with E-state index in [9.17, 15) is 0 Å². The lowest BCUT2D eigenvalue weighted by Crippen LogP contribution is -1.87. The highest BCUT2D eigenvalue weighted by molar-refractivity contribution is 8.93. The van der Waals surface area contributed by atoms with Crippen LogP contribution in [0.15, 0.2) is 0 Å². The quantitative estimate of drug-likeness (QED) is 0.471. The highest BCUT2D eigenvalue weighted by Crippen LogP contribution is 2.12. The van der Waals surface area contributed by atoms with Crippen LogP contribution in [0.4, 0.5) is 0 Å². The average molecular weight is 296 g/mol. The van der Waals surface area contributed by atoms with E-state index in [1.54, 1.807) is 0 Å². The van der Waals surface area contributed by atoms with Crippen molar-refractivity contribution in [3.63, 3.8) is 0 Å². The van der Waals surface area contributed by atoms with E-state index in [0.29, 0.717) is 0 Å². The molecule has 0 unspecified atom stereocenters. The monoisotopic (exact) mass is 295 g/mol. The molecule has 16 heavy (non-hydrogen) atoms. The Balaban J connectivity index is -0.000000845. The van der Waals surface area contributed by atoms with Crippen molar-refractivity contribution in [3.8, 4) is 0 Å². The molecule has 0 radical (unpaired) electrons. The third-order valence-electron chi connectivity index (χ3n) is 2.89. The average Bonchev–Trinajstić information content (AvgIpc) is 2.15. The molecule has 3 N–H and O–H groups in total. The molecule has 0 aromatic heterocycles. The maximum Gasteiger partial charge on any atom is -0.0471 e. The highest BCUT2D eigenvalue weighted by Gasteiger charge is 1.94. The number of rotatable bonds is 10. The zero-order chi connectivity index (χ0) is 10.6. The number of hydrogen-bond acceptors (Lipinski definition) is 1. The van der Waals surface area contributed by atoms with E-state index in [4.69, 9.17) is 0 Å².